The van der Waals surface area contributed by atoms with E-state index in [1.54, 1.807) is 0 Å². The zero-order valence-corrected chi connectivity index (χ0v) is 13.3. The minimum Gasteiger partial charge on any atom is -0.349 e. The molecule has 1 aromatic rings. The second kappa shape index (κ2) is 7.40. The van der Waals surface area contributed by atoms with Gasteiger partial charge < -0.3 is 16.0 Å². The van der Waals surface area contributed by atoms with Crippen molar-refractivity contribution in [2.75, 3.05) is 13.1 Å². The number of carbonyl (C=O) groups is 2. The standard InChI is InChI=1S/C17H25N3O2/c1-12-3-5-14(6-4-12)16(19-13(2)21)11-17(22)20-9-7-15(18)8-10-20/h3-6,15-16H,7-11,18H2,1-2H3,(H,19,21). The molecule has 22 heavy (non-hydrogen) atoms. The highest BCUT2D eigenvalue weighted by Crippen LogP contribution is 2.20. The van der Waals surface area contributed by atoms with Crippen LogP contribution in [0.15, 0.2) is 24.3 Å². The van der Waals surface area contributed by atoms with Gasteiger partial charge in [0.1, 0.15) is 0 Å². The van der Waals surface area contributed by atoms with Crippen molar-refractivity contribution in [1.29, 1.82) is 0 Å². The molecule has 1 atom stereocenters. The number of piperidine rings is 1. The molecular weight excluding hydrogens is 278 g/mol. The van der Waals surface area contributed by atoms with Crippen molar-refractivity contribution in [3.05, 3.63) is 35.4 Å². The fraction of sp³-hybridized carbons (Fsp3) is 0.529. The summed E-state index contributed by atoms with van der Waals surface area (Å²) in [6, 6.07) is 7.85. The van der Waals surface area contributed by atoms with E-state index in [0.717, 1.165) is 24.0 Å². The van der Waals surface area contributed by atoms with Gasteiger partial charge in [-0.2, -0.15) is 0 Å². The molecule has 5 heteroatoms. The van der Waals surface area contributed by atoms with E-state index < -0.39 is 0 Å². The first-order chi connectivity index (χ1) is 10.5. The molecule has 0 spiro atoms. The van der Waals surface area contributed by atoms with Crippen LogP contribution in [0.1, 0.15) is 43.4 Å². The number of nitrogens with two attached hydrogens (primary N) is 1. The molecule has 0 saturated carbocycles. The number of amides is 2. The molecule has 1 unspecified atom stereocenters. The molecule has 1 aromatic carbocycles. The van der Waals surface area contributed by atoms with Gasteiger partial charge in [0, 0.05) is 26.1 Å². The van der Waals surface area contributed by atoms with Crippen LogP contribution in [0.2, 0.25) is 0 Å². The zero-order valence-electron chi connectivity index (χ0n) is 13.3. The van der Waals surface area contributed by atoms with Crippen LogP contribution in [0.3, 0.4) is 0 Å². The van der Waals surface area contributed by atoms with Crippen LogP contribution in [-0.2, 0) is 9.59 Å². The van der Waals surface area contributed by atoms with E-state index in [0.29, 0.717) is 13.1 Å². The van der Waals surface area contributed by atoms with Gasteiger partial charge in [0.15, 0.2) is 0 Å². The topological polar surface area (TPSA) is 75.4 Å². The summed E-state index contributed by atoms with van der Waals surface area (Å²) < 4.78 is 0. The van der Waals surface area contributed by atoms with Crippen LogP contribution in [0.25, 0.3) is 0 Å². The van der Waals surface area contributed by atoms with Crippen molar-refractivity contribution in [3.63, 3.8) is 0 Å². The monoisotopic (exact) mass is 303 g/mol. The van der Waals surface area contributed by atoms with Gasteiger partial charge in [0.05, 0.1) is 12.5 Å². The lowest BCUT2D eigenvalue weighted by Gasteiger charge is -2.31. The molecule has 2 rings (SSSR count). The highest BCUT2D eigenvalue weighted by molar-refractivity contribution is 5.79. The highest BCUT2D eigenvalue weighted by Gasteiger charge is 2.24. The molecule has 0 aliphatic carbocycles. The average Bonchev–Trinajstić information content (AvgIpc) is 2.47. The molecule has 1 aliphatic rings. The Morgan fingerprint density at radius 1 is 1.27 bits per heavy atom. The van der Waals surface area contributed by atoms with Crippen molar-refractivity contribution in [3.8, 4) is 0 Å². The zero-order chi connectivity index (χ0) is 16.1. The Labute approximate surface area is 131 Å². The molecule has 120 valence electrons. The summed E-state index contributed by atoms with van der Waals surface area (Å²) in [5.74, 6) is -0.0507. The maximum Gasteiger partial charge on any atom is 0.224 e. The lowest BCUT2D eigenvalue weighted by molar-refractivity contribution is -0.133. The molecule has 3 N–H and O–H groups in total. The lowest BCUT2D eigenvalue weighted by atomic mass is 10.00. The number of aryl methyl sites for hydroxylation is 1. The van der Waals surface area contributed by atoms with Crippen LogP contribution in [0.4, 0.5) is 0 Å². The fourth-order valence-corrected chi connectivity index (χ4v) is 2.75. The Hall–Kier alpha value is -1.88. The lowest BCUT2D eigenvalue weighted by Crippen LogP contribution is -2.44. The highest BCUT2D eigenvalue weighted by atomic mass is 16.2. The molecule has 1 fully saturated rings. The number of likely N-dealkylation sites (tertiary alicyclic amines) is 1. The molecule has 1 saturated heterocycles. The third-order valence-electron chi connectivity index (χ3n) is 4.13. The maximum atomic E-state index is 12.5. The number of nitrogens with one attached hydrogen (secondary N) is 1. The summed E-state index contributed by atoms with van der Waals surface area (Å²) in [6.07, 6.45) is 1.99. The second-order valence-corrected chi connectivity index (χ2v) is 6.09. The van der Waals surface area contributed by atoms with Crippen LogP contribution >= 0.6 is 0 Å². The van der Waals surface area contributed by atoms with Gasteiger partial charge in [0.2, 0.25) is 11.8 Å². The third-order valence-corrected chi connectivity index (χ3v) is 4.13. The predicted octanol–water partition coefficient (Wildman–Crippen LogP) is 1.51. The van der Waals surface area contributed by atoms with E-state index in [-0.39, 0.29) is 30.3 Å². The van der Waals surface area contributed by atoms with Gasteiger partial charge in [-0.1, -0.05) is 29.8 Å². The van der Waals surface area contributed by atoms with Gasteiger partial charge in [0.25, 0.3) is 0 Å². The van der Waals surface area contributed by atoms with Crippen molar-refractivity contribution in [2.45, 2.75) is 45.2 Å². The van der Waals surface area contributed by atoms with E-state index >= 15 is 0 Å². The van der Waals surface area contributed by atoms with E-state index in [2.05, 4.69) is 5.32 Å². The Morgan fingerprint density at radius 2 is 1.86 bits per heavy atom. The molecular formula is C17H25N3O2. The number of carbonyl (C=O) groups excluding carboxylic acids is 2. The molecule has 0 radical (unpaired) electrons. The van der Waals surface area contributed by atoms with Crippen molar-refractivity contribution in [1.82, 2.24) is 10.2 Å². The van der Waals surface area contributed by atoms with Crippen LogP contribution in [0, 0.1) is 6.92 Å². The predicted molar refractivity (Wildman–Crippen MR) is 86.1 cm³/mol. The van der Waals surface area contributed by atoms with Crippen molar-refractivity contribution >= 4 is 11.8 Å². The average molecular weight is 303 g/mol. The smallest absolute Gasteiger partial charge is 0.224 e. The van der Waals surface area contributed by atoms with E-state index in [9.17, 15) is 9.59 Å². The number of hydrogen-bond donors (Lipinski definition) is 2. The molecule has 2 amide bonds. The Bertz CT molecular complexity index is 519. The van der Waals surface area contributed by atoms with Crippen LogP contribution < -0.4 is 11.1 Å². The van der Waals surface area contributed by atoms with Crippen molar-refractivity contribution < 1.29 is 9.59 Å². The minimum atomic E-state index is -0.277. The third kappa shape index (κ3) is 4.56. The Balaban J connectivity index is 2.04. The molecule has 1 aliphatic heterocycles. The molecule has 0 bridgehead atoms. The number of hydrogen-bond acceptors (Lipinski definition) is 3. The van der Waals surface area contributed by atoms with Gasteiger partial charge in [-0.3, -0.25) is 9.59 Å². The fourth-order valence-electron chi connectivity index (χ4n) is 2.75. The molecule has 0 aromatic heterocycles. The largest absolute Gasteiger partial charge is 0.349 e. The first-order valence-corrected chi connectivity index (χ1v) is 7.82. The van der Waals surface area contributed by atoms with E-state index in [1.807, 2.05) is 36.1 Å². The van der Waals surface area contributed by atoms with Gasteiger partial charge in [-0.05, 0) is 25.3 Å². The quantitative estimate of drug-likeness (QED) is 0.885. The number of rotatable bonds is 4. The van der Waals surface area contributed by atoms with E-state index in [4.69, 9.17) is 5.73 Å². The number of nitrogens with zero attached hydrogens (tertiary/aromatic N) is 1. The first kappa shape index (κ1) is 16.5. The Morgan fingerprint density at radius 3 is 2.41 bits per heavy atom. The van der Waals surface area contributed by atoms with Crippen LogP contribution in [-0.4, -0.2) is 35.8 Å². The van der Waals surface area contributed by atoms with Crippen molar-refractivity contribution in [2.24, 2.45) is 5.73 Å². The Kier molecular flexibility index (Phi) is 5.55. The molecule has 1 heterocycles. The van der Waals surface area contributed by atoms with E-state index in [1.165, 1.54) is 6.92 Å². The second-order valence-electron chi connectivity index (χ2n) is 6.09. The maximum absolute atomic E-state index is 12.5. The normalized spacial score (nSPS) is 17.1. The van der Waals surface area contributed by atoms with Crippen LogP contribution in [0.5, 0.6) is 0 Å². The summed E-state index contributed by atoms with van der Waals surface area (Å²) >= 11 is 0. The SMILES string of the molecule is CC(=O)NC(CC(=O)N1CCC(N)CC1)c1ccc(C)cc1. The van der Waals surface area contributed by atoms with Gasteiger partial charge in [-0.15, -0.1) is 0 Å². The summed E-state index contributed by atoms with van der Waals surface area (Å²) in [5.41, 5.74) is 7.99. The summed E-state index contributed by atoms with van der Waals surface area (Å²) in [6.45, 7) is 4.91. The first-order valence-electron chi connectivity index (χ1n) is 7.82. The summed E-state index contributed by atoms with van der Waals surface area (Å²) in [7, 11) is 0. The minimum absolute atomic E-state index is 0.0752. The van der Waals surface area contributed by atoms with Gasteiger partial charge in [-0.25, -0.2) is 0 Å². The summed E-state index contributed by atoms with van der Waals surface area (Å²) in [4.78, 5) is 25.8. The molecule has 5 nitrogen and oxygen atoms in total. The summed E-state index contributed by atoms with van der Waals surface area (Å²) in [5, 5.41) is 2.88. The van der Waals surface area contributed by atoms with Gasteiger partial charge >= 0.3 is 0 Å². The number of benzene rings is 1.